The average molecular weight is 314 g/mol. The summed E-state index contributed by atoms with van der Waals surface area (Å²) in [5.41, 5.74) is 0.428. The molecule has 6 nitrogen and oxygen atoms in total. The zero-order chi connectivity index (χ0) is 16.0. The molecule has 0 radical (unpaired) electrons. The molecule has 0 saturated heterocycles. The summed E-state index contributed by atoms with van der Waals surface area (Å²) in [5.74, 6) is -2.18. The van der Waals surface area contributed by atoms with Gasteiger partial charge in [0.15, 0.2) is 11.8 Å². The van der Waals surface area contributed by atoms with Crippen molar-refractivity contribution in [1.82, 2.24) is 5.32 Å². The van der Waals surface area contributed by atoms with Gasteiger partial charge in [-0.25, -0.2) is 4.79 Å². The summed E-state index contributed by atoms with van der Waals surface area (Å²) in [6.45, 7) is 1.26. The Morgan fingerprint density at radius 2 is 1.76 bits per heavy atom. The number of carbonyl (C=O) groups excluding carboxylic acids is 2. The van der Waals surface area contributed by atoms with Crippen LogP contribution in [0.2, 0.25) is 5.02 Å². The summed E-state index contributed by atoms with van der Waals surface area (Å²) < 4.78 is 0. The Morgan fingerprint density at radius 1 is 1.19 bits per heavy atom. The normalized spacial score (nSPS) is 13.3. The molecule has 7 heteroatoms. The number of Topliss-reactive ketones (excluding diaryl/α,β-unsaturated/α-hetero) is 1. The minimum atomic E-state index is -1.39. The predicted octanol–water partition coefficient (Wildman–Crippen LogP) is 1.25. The van der Waals surface area contributed by atoms with Gasteiger partial charge in [0.25, 0.3) is 0 Å². The van der Waals surface area contributed by atoms with Gasteiger partial charge in [-0.3, -0.25) is 9.59 Å². The van der Waals surface area contributed by atoms with Crippen molar-refractivity contribution in [3.05, 3.63) is 34.9 Å². The fourth-order valence-corrected chi connectivity index (χ4v) is 1.77. The Hall–Kier alpha value is -1.92. The number of carboxylic acid groups (broad SMARTS) is 1. The highest BCUT2D eigenvalue weighted by Gasteiger charge is 2.24. The van der Waals surface area contributed by atoms with Crippen molar-refractivity contribution in [1.29, 1.82) is 0 Å². The number of aliphatic hydroxyl groups excluding tert-OH is 1. The van der Waals surface area contributed by atoms with Crippen LogP contribution in [0.5, 0.6) is 0 Å². The first-order chi connectivity index (χ1) is 9.81. The van der Waals surface area contributed by atoms with Crippen molar-refractivity contribution >= 4 is 29.3 Å². The average Bonchev–Trinajstić information content (AvgIpc) is 2.42. The van der Waals surface area contributed by atoms with E-state index in [0.717, 1.165) is 0 Å². The van der Waals surface area contributed by atoms with E-state index in [0.29, 0.717) is 10.6 Å². The first-order valence-electron chi connectivity index (χ1n) is 6.30. The fraction of sp³-hybridized carbons (Fsp3) is 0.357. The van der Waals surface area contributed by atoms with Crippen LogP contribution in [0.1, 0.15) is 30.1 Å². The summed E-state index contributed by atoms with van der Waals surface area (Å²) >= 11 is 5.71. The molecule has 0 spiro atoms. The number of aliphatic carboxylic acids is 1. The molecule has 1 aromatic rings. The third-order valence-electron chi connectivity index (χ3n) is 2.81. The Labute approximate surface area is 126 Å². The minimum Gasteiger partial charge on any atom is -0.480 e. The lowest BCUT2D eigenvalue weighted by Gasteiger charge is -2.16. The van der Waals surface area contributed by atoms with Crippen LogP contribution in [0.15, 0.2) is 24.3 Å². The Balaban J connectivity index is 2.51. The van der Waals surface area contributed by atoms with Gasteiger partial charge in [0, 0.05) is 23.4 Å². The van der Waals surface area contributed by atoms with Gasteiger partial charge in [-0.1, -0.05) is 11.6 Å². The van der Waals surface area contributed by atoms with Crippen molar-refractivity contribution in [3.63, 3.8) is 0 Å². The number of carbonyl (C=O) groups is 3. The number of rotatable bonds is 7. The van der Waals surface area contributed by atoms with Gasteiger partial charge in [-0.2, -0.15) is 0 Å². The zero-order valence-corrected chi connectivity index (χ0v) is 12.1. The van der Waals surface area contributed by atoms with Crippen LogP contribution in [0.4, 0.5) is 0 Å². The van der Waals surface area contributed by atoms with Gasteiger partial charge in [0.05, 0.1) is 6.10 Å². The van der Waals surface area contributed by atoms with E-state index in [1.165, 1.54) is 6.92 Å². The second-order valence-electron chi connectivity index (χ2n) is 4.55. The van der Waals surface area contributed by atoms with Crippen LogP contribution in [0, 0.1) is 0 Å². The molecule has 0 heterocycles. The van der Waals surface area contributed by atoms with Gasteiger partial charge in [0.2, 0.25) is 5.91 Å². The third kappa shape index (κ3) is 5.53. The molecule has 3 N–H and O–H groups in total. The first kappa shape index (κ1) is 17.1. The molecule has 21 heavy (non-hydrogen) atoms. The molecular weight excluding hydrogens is 298 g/mol. The highest BCUT2D eigenvalue weighted by molar-refractivity contribution is 6.30. The van der Waals surface area contributed by atoms with Gasteiger partial charge < -0.3 is 15.5 Å². The Bertz CT molecular complexity index is 527. The molecule has 0 aliphatic carbocycles. The summed E-state index contributed by atoms with van der Waals surface area (Å²) in [5, 5.41) is 20.7. The first-order valence-corrected chi connectivity index (χ1v) is 6.68. The van der Waals surface area contributed by atoms with Crippen molar-refractivity contribution in [3.8, 4) is 0 Å². The number of hydrogen-bond donors (Lipinski definition) is 3. The number of benzene rings is 1. The van der Waals surface area contributed by atoms with Crippen molar-refractivity contribution in [2.24, 2.45) is 0 Å². The molecule has 0 aliphatic rings. The highest BCUT2D eigenvalue weighted by atomic mass is 35.5. The molecule has 0 aliphatic heterocycles. The molecule has 0 saturated carbocycles. The highest BCUT2D eigenvalue weighted by Crippen LogP contribution is 2.12. The molecule has 0 aromatic heterocycles. The summed E-state index contributed by atoms with van der Waals surface area (Å²) in [4.78, 5) is 34.2. The molecule has 2 atom stereocenters. The maximum atomic E-state index is 11.8. The number of nitrogens with one attached hydrogen (secondary N) is 1. The standard InChI is InChI=1S/C14H16ClNO5/c1-8(17)13(14(20)21)16-12(19)7-6-11(18)9-2-4-10(15)5-3-9/h2-5,8,13,17H,6-7H2,1H3,(H,16,19)(H,20,21). The second-order valence-corrected chi connectivity index (χ2v) is 4.99. The van der Waals surface area contributed by atoms with E-state index in [4.69, 9.17) is 16.7 Å². The summed E-state index contributed by atoms with van der Waals surface area (Å²) in [6, 6.07) is 4.87. The van der Waals surface area contributed by atoms with Crippen LogP contribution in [0.3, 0.4) is 0 Å². The smallest absolute Gasteiger partial charge is 0.328 e. The number of carboxylic acids is 1. The van der Waals surface area contributed by atoms with Gasteiger partial charge >= 0.3 is 5.97 Å². The number of hydrogen-bond acceptors (Lipinski definition) is 4. The number of halogens is 1. The lowest BCUT2D eigenvalue weighted by atomic mass is 10.1. The molecule has 1 aromatic carbocycles. The molecule has 0 fully saturated rings. The predicted molar refractivity (Wildman–Crippen MR) is 76.3 cm³/mol. The van der Waals surface area contributed by atoms with Crippen molar-refractivity contribution in [2.45, 2.75) is 31.9 Å². The number of aliphatic hydroxyl groups is 1. The van der Waals surface area contributed by atoms with Crippen molar-refractivity contribution in [2.75, 3.05) is 0 Å². The summed E-state index contributed by atoms with van der Waals surface area (Å²) in [7, 11) is 0. The van der Waals surface area contributed by atoms with Crippen LogP contribution in [0.25, 0.3) is 0 Å². The van der Waals surface area contributed by atoms with E-state index in [-0.39, 0.29) is 18.6 Å². The maximum absolute atomic E-state index is 11.8. The van der Waals surface area contributed by atoms with Gasteiger partial charge in [-0.05, 0) is 31.2 Å². The fourth-order valence-electron chi connectivity index (χ4n) is 1.64. The summed E-state index contributed by atoms with van der Waals surface area (Å²) in [6.07, 6.45) is -1.43. The van der Waals surface area contributed by atoms with E-state index in [9.17, 15) is 19.5 Å². The SMILES string of the molecule is CC(O)C(NC(=O)CCC(=O)c1ccc(Cl)cc1)C(=O)O. The van der Waals surface area contributed by atoms with E-state index in [1.807, 2.05) is 0 Å². The third-order valence-corrected chi connectivity index (χ3v) is 3.06. The quantitative estimate of drug-likeness (QED) is 0.657. The van der Waals surface area contributed by atoms with E-state index in [1.54, 1.807) is 24.3 Å². The molecular formula is C14H16ClNO5. The molecule has 114 valence electrons. The van der Waals surface area contributed by atoms with Gasteiger partial charge in [-0.15, -0.1) is 0 Å². The Morgan fingerprint density at radius 3 is 2.24 bits per heavy atom. The van der Waals surface area contributed by atoms with Crippen LogP contribution in [-0.2, 0) is 9.59 Å². The zero-order valence-electron chi connectivity index (χ0n) is 11.4. The van der Waals surface area contributed by atoms with E-state index < -0.39 is 24.0 Å². The topological polar surface area (TPSA) is 104 Å². The maximum Gasteiger partial charge on any atom is 0.328 e. The van der Waals surface area contributed by atoms with Crippen LogP contribution < -0.4 is 5.32 Å². The molecule has 2 unspecified atom stereocenters. The van der Waals surface area contributed by atoms with E-state index >= 15 is 0 Å². The van der Waals surface area contributed by atoms with E-state index in [2.05, 4.69) is 5.32 Å². The second kappa shape index (κ2) is 7.75. The minimum absolute atomic E-state index is 0.0559. The lowest BCUT2D eigenvalue weighted by Crippen LogP contribution is -2.47. The molecule has 1 rings (SSSR count). The largest absolute Gasteiger partial charge is 0.480 e. The van der Waals surface area contributed by atoms with Gasteiger partial charge in [0.1, 0.15) is 0 Å². The Kier molecular flexibility index (Phi) is 6.33. The molecule has 1 amide bonds. The lowest BCUT2D eigenvalue weighted by molar-refractivity contribution is -0.144. The molecule has 0 bridgehead atoms. The monoisotopic (exact) mass is 313 g/mol. The number of amides is 1. The number of ketones is 1. The van der Waals surface area contributed by atoms with Crippen molar-refractivity contribution < 1.29 is 24.6 Å². The van der Waals surface area contributed by atoms with Crippen LogP contribution >= 0.6 is 11.6 Å². The van der Waals surface area contributed by atoms with Crippen LogP contribution in [-0.4, -0.2) is 40.0 Å².